The van der Waals surface area contributed by atoms with E-state index in [-0.39, 0.29) is 23.9 Å². The largest absolute Gasteiger partial charge is 0.309 e. The molecule has 0 aromatic heterocycles. The lowest BCUT2D eigenvalue weighted by atomic mass is 9.88. The van der Waals surface area contributed by atoms with Crippen LogP contribution in [0.5, 0.6) is 0 Å². The summed E-state index contributed by atoms with van der Waals surface area (Å²) < 4.78 is 0. The van der Waals surface area contributed by atoms with Crippen molar-refractivity contribution in [3.63, 3.8) is 0 Å². The summed E-state index contributed by atoms with van der Waals surface area (Å²) in [6.45, 7) is 5.68. The zero-order valence-corrected chi connectivity index (χ0v) is 17.6. The van der Waals surface area contributed by atoms with Gasteiger partial charge >= 0.3 is 0 Å². The van der Waals surface area contributed by atoms with Crippen molar-refractivity contribution in [1.29, 1.82) is 0 Å². The Bertz CT molecular complexity index is 1060. The first-order chi connectivity index (χ1) is 14.5. The Morgan fingerprint density at radius 2 is 1.57 bits per heavy atom. The molecule has 2 atom stereocenters. The fourth-order valence-corrected chi connectivity index (χ4v) is 4.41. The Morgan fingerprint density at radius 1 is 0.933 bits per heavy atom. The maximum Gasteiger partial charge on any atom is 0.258 e. The zero-order valence-electron chi connectivity index (χ0n) is 17.6. The summed E-state index contributed by atoms with van der Waals surface area (Å²) in [7, 11) is 0. The quantitative estimate of drug-likeness (QED) is 0.582. The van der Waals surface area contributed by atoms with Gasteiger partial charge in [0.2, 0.25) is 5.91 Å². The van der Waals surface area contributed by atoms with E-state index in [0.717, 1.165) is 22.5 Å². The van der Waals surface area contributed by atoms with Crippen molar-refractivity contribution in [1.82, 2.24) is 0 Å². The molecule has 0 aliphatic carbocycles. The fraction of sp³-hybridized carbons (Fsp3) is 0.231. The van der Waals surface area contributed by atoms with Crippen LogP contribution in [0.4, 0.5) is 11.4 Å². The molecular formula is C26H26N2O2. The molecule has 2 amide bonds. The molecule has 0 bridgehead atoms. The summed E-state index contributed by atoms with van der Waals surface area (Å²) >= 11 is 0. The monoisotopic (exact) mass is 398 g/mol. The lowest BCUT2D eigenvalue weighted by Crippen LogP contribution is -2.47. The minimum Gasteiger partial charge on any atom is -0.309 e. The van der Waals surface area contributed by atoms with E-state index in [1.165, 1.54) is 0 Å². The third-order valence-corrected chi connectivity index (χ3v) is 5.73. The van der Waals surface area contributed by atoms with Crippen molar-refractivity contribution in [2.24, 2.45) is 0 Å². The lowest BCUT2D eigenvalue weighted by molar-refractivity contribution is -0.117. The van der Waals surface area contributed by atoms with E-state index >= 15 is 0 Å². The first-order valence-corrected chi connectivity index (χ1v) is 10.3. The number of anilines is 2. The molecule has 152 valence electrons. The molecule has 0 saturated heterocycles. The summed E-state index contributed by atoms with van der Waals surface area (Å²) in [5.41, 5.74) is 4.49. The van der Waals surface area contributed by atoms with Crippen LogP contribution >= 0.6 is 0 Å². The van der Waals surface area contributed by atoms with Crippen molar-refractivity contribution in [3.8, 4) is 0 Å². The highest BCUT2D eigenvalue weighted by Gasteiger charge is 2.38. The van der Waals surface area contributed by atoms with Gasteiger partial charge in [0.05, 0.1) is 6.04 Å². The number of nitrogens with zero attached hydrogens (tertiary/aromatic N) is 2. The molecule has 4 rings (SSSR count). The summed E-state index contributed by atoms with van der Waals surface area (Å²) in [6.07, 6.45) is 0.670. The van der Waals surface area contributed by atoms with E-state index in [1.807, 2.05) is 77.4 Å². The van der Waals surface area contributed by atoms with Crippen LogP contribution in [0.1, 0.15) is 47.8 Å². The number of hydrogen-bond acceptors (Lipinski definition) is 2. The number of carbonyl (C=O) groups excluding carboxylic acids is 2. The van der Waals surface area contributed by atoms with Gasteiger partial charge in [-0.05, 0) is 61.7 Å². The van der Waals surface area contributed by atoms with Gasteiger partial charge in [0.1, 0.15) is 0 Å². The van der Waals surface area contributed by atoms with E-state index in [9.17, 15) is 9.59 Å². The van der Waals surface area contributed by atoms with Gasteiger partial charge in [0.25, 0.3) is 5.91 Å². The van der Waals surface area contributed by atoms with Crippen LogP contribution in [0, 0.1) is 6.92 Å². The number of hydrogen-bond donors (Lipinski definition) is 0. The highest BCUT2D eigenvalue weighted by atomic mass is 16.2. The van der Waals surface area contributed by atoms with Crippen molar-refractivity contribution in [2.75, 3.05) is 9.80 Å². The maximum absolute atomic E-state index is 13.7. The second-order valence-corrected chi connectivity index (χ2v) is 7.93. The number of amides is 2. The number of fused-ring (bicyclic) bond motifs is 1. The van der Waals surface area contributed by atoms with Gasteiger partial charge in [0, 0.05) is 29.9 Å². The van der Waals surface area contributed by atoms with E-state index in [4.69, 9.17) is 0 Å². The molecule has 1 aliphatic heterocycles. The molecule has 3 aromatic rings. The van der Waals surface area contributed by atoms with Gasteiger partial charge in [-0.15, -0.1) is 0 Å². The molecule has 0 saturated carbocycles. The molecule has 3 aromatic carbocycles. The summed E-state index contributed by atoms with van der Waals surface area (Å²) in [5.74, 6) is -0.0183. The van der Waals surface area contributed by atoms with E-state index in [2.05, 4.69) is 25.1 Å². The summed E-state index contributed by atoms with van der Waals surface area (Å²) in [5, 5.41) is 0. The molecular weight excluding hydrogens is 372 g/mol. The predicted molar refractivity (Wildman–Crippen MR) is 121 cm³/mol. The molecule has 30 heavy (non-hydrogen) atoms. The molecule has 0 N–H and O–H groups in total. The molecule has 4 nitrogen and oxygen atoms in total. The van der Waals surface area contributed by atoms with Crippen LogP contribution in [0.15, 0.2) is 78.9 Å². The third-order valence-electron chi connectivity index (χ3n) is 5.73. The molecule has 4 heteroatoms. The number of benzene rings is 3. The first kappa shape index (κ1) is 19.9. The summed E-state index contributed by atoms with van der Waals surface area (Å²) in [6, 6.07) is 25.1. The Hall–Kier alpha value is -3.40. The van der Waals surface area contributed by atoms with Gasteiger partial charge in [0.15, 0.2) is 0 Å². The number of aryl methyl sites for hydroxylation is 1. The Balaban J connectivity index is 1.88. The zero-order chi connectivity index (χ0) is 21.3. The minimum absolute atomic E-state index is 0.0171. The molecule has 0 fully saturated rings. The van der Waals surface area contributed by atoms with Crippen LogP contribution < -0.4 is 9.80 Å². The summed E-state index contributed by atoms with van der Waals surface area (Å²) in [4.78, 5) is 29.9. The van der Waals surface area contributed by atoms with Crippen LogP contribution in [0.2, 0.25) is 0 Å². The normalized spacial score (nSPS) is 17.9. The Labute approximate surface area is 177 Å². The van der Waals surface area contributed by atoms with Crippen molar-refractivity contribution in [2.45, 2.75) is 39.3 Å². The Morgan fingerprint density at radius 3 is 2.20 bits per heavy atom. The van der Waals surface area contributed by atoms with Crippen molar-refractivity contribution in [3.05, 3.63) is 95.6 Å². The van der Waals surface area contributed by atoms with Crippen molar-refractivity contribution < 1.29 is 9.59 Å². The number of para-hydroxylation sites is 1. The fourth-order valence-electron chi connectivity index (χ4n) is 4.41. The minimum atomic E-state index is -0.165. The number of carbonyl (C=O) groups is 2. The first-order valence-electron chi connectivity index (χ1n) is 10.3. The van der Waals surface area contributed by atoms with Crippen molar-refractivity contribution >= 4 is 23.2 Å². The van der Waals surface area contributed by atoms with Crippen LogP contribution in [-0.4, -0.2) is 17.9 Å². The lowest BCUT2D eigenvalue weighted by Gasteiger charge is -2.43. The number of rotatable bonds is 3. The van der Waals surface area contributed by atoms with Gasteiger partial charge in [-0.2, -0.15) is 0 Å². The van der Waals surface area contributed by atoms with Gasteiger partial charge in [-0.3, -0.25) is 9.59 Å². The molecule has 0 unspecified atom stereocenters. The van der Waals surface area contributed by atoms with E-state index in [1.54, 1.807) is 6.92 Å². The molecule has 1 aliphatic rings. The average molecular weight is 399 g/mol. The second kappa shape index (κ2) is 8.15. The SMILES string of the molecule is CC(=O)N1c2cc(C)ccc2[C@H](N(C(=O)c2ccccc2)c2ccccc2)C[C@@H]1C. The highest BCUT2D eigenvalue weighted by molar-refractivity contribution is 6.07. The van der Waals surface area contributed by atoms with Crippen LogP contribution in [-0.2, 0) is 4.79 Å². The maximum atomic E-state index is 13.7. The molecule has 0 spiro atoms. The predicted octanol–water partition coefficient (Wildman–Crippen LogP) is 5.53. The van der Waals surface area contributed by atoms with Gasteiger partial charge in [-0.25, -0.2) is 0 Å². The Kier molecular flexibility index (Phi) is 5.40. The smallest absolute Gasteiger partial charge is 0.258 e. The molecule has 1 heterocycles. The topological polar surface area (TPSA) is 40.6 Å². The highest BCUT2D eigenvalue weighted by Crippen LogP contribution is 2.43. The van der Waals surface area contributed by atoms with Gasteiger partial charge < -0.3 is 9.80 Å². The second-order valence-electron chi connectivity index (χ2n) is 7.93. The average Bonchev–Trinajstić information content (AvgIpc) is 2.74. The van der Waals surface area contributed by atoms with E-state index < -0.39 is 0 Å². The van der Waals surface area contributed by atoms with E-state index in [0.29, 0.717) is 12.0 Å². The molecule has 0 radical (unpaired) electrons. The van der Waals surface area contributed by atoms with Gasteiger partial charge in [-0.1, -0.05) is 48.5 Å². The van der Waals surface area contributed by atoms with Crippen LogP contribution in [0.3, 0.4) is 0 Å². The third kappa shape index (κ3) is 3.61. The van der Waals surface area contributed by atoms with Crippen LogP contribution in [0.25, 0.3) is 0 Å². The standard InChI is InChI=1S/C26H26N2O2/c1-18-14-15-23-24(16-18)27(20(3)29)19(2)17-25(23)28(22-12-8-5-9-13-22)26(30)21-10-6-4-7-11-21/h4-16,19,25H,17H2,1-3H3/t19-,25+/m0/s1.